The third-order valence-corrected chi connectivity index (χ3v) is 6.59. The van der Waals surface area contributed by atoms with Crippen LogP contribution in [0.2, 0.25) is 0 Å². The van der Waals surface area contributed by atoms with E-state index in [1.54, 1.807) is 4.90 Å². The number of ether oxygens (including phenoxy) is 4. The number of hydrogen-bond acceptors (Lipinski definition) is 6. The van der Waals surface area contributed by atoms with Crippen LogP contribution in [0, 0.1) is 11.8 Å². The molecule has 0 spiro atoms. The molecule has 0 aliphatic carbocycles. The molecule has 0 unspecified atom stereocenters. The Balaban J connectivity index is 1.49. The molecule has 170 valence electrons. The Kier molecular flexibility index (Phi) is 6.12. The first-order chi connectivity index (χ1) is 14.8. The predicted molar refractivity (Wildman–Crippen MR) is 111 cm³/mol. The lowest BCUT2D eigenvalue weighted by Crippen LogP contribution is -2.56. The zero-order valence-corrected chi connectivity index (χ0v) is 18.3. The highest BCUT2D eigenvalue weighted by Gasteiger charge is 2.52. The lowest BCUT2D eigenvalue weighted by molar-refractivity contribution is -0.189. The Labute approximate surface area is 182 Å². The Bertz CT molecular complexity index is 839. The van der Waals surface area contributed by atoms with E-state index in [1.165, 1.54) is 0 Å². The fourth-order valence-electron chi connectivity index (χ4n) is 5.10. The van der Waals surface area contributed by atoms with Crippen molar-refractivity contribution in [2.45, 2.75) is 51.4 Å². The van der Waals surface area contributed by atoms with Crippen molar-refractivity contribution in [3.8, 4) is 11.5 Å². The third-order valence-electron chi connectivity index (χ3n) is 6.59. The number of rotatable bonds is 6. The van der Waals surface area contributed by atoms with Gasteiger partial charge in [0.2, 0.25) is 5.91 Å². The van der Waals surface area contributed by atoms with Gasteiger partial charge in [0, 0.05) is 30.5 Å². The molecule has 3 heterocycles. The summed E-state index contributed by atoms with van der Waals surface area (Å²) in [7, 11) is 0. The number of aliphatic carboxylic acids is 1. The largest absolute Gasteiger partial charge is 0.490 e. The summed E-state index contributed by atoms with van der Waals surface area (Å²) in [4.78, 5) is 24.8. The van der Waals surface area contributed by atoms with Gasteiger partial charge in [0.05, 0.1) is 18.8 Å². The van der Waals surface area contributed by atoms with E-state index in [9.17, 15) is 9.59 Å². The van der Waals surface area contributed by atoms with Crippen molar-refractivity contribution in [3.05, 3.63) is 23.8 Å². The molecule has 8 nitrogen and oxygen atoms in total. The van der Waals surface area contributed by atoms with Crippen LogP contribution in [0.1, 0.15) is 45.3 Å². The highest BCUT2D eigenvalue weighted by Crippen LogP contribution is 2.55. The zero-order chi connectivity index (χ0) is 22.2. The molecule has 8 heteroatoms. The highest BCUT2D eigenvalue weighted by atomic mass is 16.5. The van der Waals surface area contributed by atoms with Gasteiger partial charge in [-0.25, -0.2) is 4.79 Å². The van der Waals surface area contributed by atoms with E-state index in [0.29, 0.717) is 19.7 Å². The van der Waals surface area contributed by atoms with Crippen molar-refractivity contribution < 1.29 is 33.6 Å². The van der Waals surface area contributed by atoms with E-state index in [4.69, 9.17) is 24.1 Å². The standard InChI is InChI=1S/C23H31NO7/c1-4-29-18-7-5-6-15-21-16(23(2,3)31-22(15)18)10-14-11-24(9-8-17(14)30-21)19(25)12-28-13-20(26)27/h5-7,14,16-17,21H,4,8-13H2,1-3H3,(H,26,27)/t14-,16-,17-,21+/m0/s1. The molecule has 31 heavy (non-hydrogen) atoms. The first-order valence-corrected chi connectivity index (χ1v) is 11.0. The fourth-order valence-corrected chi connectivity index (χ4v) is 5.10. The van der Waals surface area contributed by atoms with Gasteiger partial charge >= 0.3 is 5.97 Å². The van der Waals surface area contributed by atoms with Crippen molar-refractivity contribution in [1.82, 2.24) is 4.90 Å². The number of carbonyl (C=O) groups is 2. The molecule has 0 bridgehead atoms. The Morgan fingerprint density at radius 2 is 2.10 bits per heavy atom. The average Bonchev–Trinajstić information content (AvgIpc) is 2.72. The number of carboxylic acids is 1. The summed E-state index contributed by atoms with van der Waals surface area (Å²) in [6, 6.07) is 5.97. The van der Waals surface area contributed by atoms with Crippen LogP contribution in [0.25, 0.3) is 0 Å². The number of piperidine rings is 1. The number of carboxylic acid groups (broad SMARTS) is 1. The molecule has 2 saturated heterocycles. The number of likely N-dealkylation sites (tertiary alicyclic amines) is 1. The van der Waals surface area contributed by atoms with Crippen LogP contribution < -0.4 is 9.47 Å². The minimum atomic E-state index is -1.08. The van der Waals surface area contributed by atoms with Gasteiger partial charge in [-0.15, -0.1) is 0 Å². The number of para-hydroxylation sites is 1. The monoisotopic (exact) mass is 433 g/mol. The molecular formula is C23H31NO7. The maximum absolute atomic E-state index is 12.5. The second-order valence-electron chi connectivity index (χ2n) is 9.03. The molecule has 1 amide bonds. The normalized spacial score (nSPS) is 28.5. The van der Waals surface area contributed by atoms with Crippen LogP contribution in [0.4, 0.5) is 0 Å². The first-order valence-electron chi connectivity index (χ1n) is 11.0. The Morgan fingerprint density at radius 3 is 2.84 bits per heavy atom. The summed E-state index contributed by atoms with van der Waals surface area (Å²) >= 11 is 0. The molecule has 2 fully saturated rings. The summed E-state index contributed by atoms with van der Waals surface area (Å²) in [6.07, 6.45) is 1.64. The van der Waals surface area contributed by atoms with Crippen molar-refractivity contribution in [2.75, 3.05) is 32.9 Å². The van der Waals surface area contributed by atoms with Crippen LogP contribution in [0.15, 0.2) is 18.2 Å². The highest BCUT2D eigenvalue weighted by molar-refractivity contribution is 5.78. The number of hydrogen-bond donors (Lipinski definition) is 1. The molecule has 3 aliphatic rings. The number of nitrogens with zero attached hydrogens (tertiary/aromatic N) is 1. The van der Waals surface area contributed by atoms with Gasteiger partial charge in [0.1, 0.15) is 18.8 Å². The molecule has 1 N–H and O–H groups in total. The Morgan fingerprint density at radius 1 is 1.29 bits per heavy atom. The summed E-state index contributed by atoms with van der Waals surface area (Å²) in [5.74, 6) is 0.629. The molecule has 0 saturated carbocycles. The predicted octanol–water partition coefficient (Wildman–Crippen LogP) is 2.65. The molecule has 1 aromatic rings. The SMILES string of the molecule is CCOc1cccc2c1OC(C)(C)[C@H]1C[C@H]3CN(C(=O)COCC(=O)O)CC[C@@H]3O[C@H]21. The molecule has 4 rings (SSSR count). The average molecular weight is 434 g/mol. The fraction of sp³-hybridized carbons (Fsp3) is 0.652. The quantitative estimate of drug-likeness (QED) is 0.737. The summed E-state index contributed by atoms with van der Waals surface area (Å²) in [6.45, 7) is 7.20. The minimum absolute atomic E-state index is 0.0680. The first kappa shape index (κ1) is 21.9. The smallest absolute Gasteiger partial charge is 0.329 e. The summed E-state index contributed by atoms with van der Waals surface area (Å²) in [5, 5.41) is 8.68. The zero-order valence-electron chi connectivity index (χ0n) is 18.3. The van der Waals surface area contributed by atoms with E-state index in [1.807, 2.05) is 19.1 Å². The topological polar surface area (TPSA) is 94.5 Å². The van der Waals surface area contributed by atoms with Crippen LogP contribution in [0.5, 0.6) is 11.5 Å². The van der Waals surface area contributed by atoms with Crippen molar-refractivity contribution in [1.29, 1.82) is 0 Å². The summed E-state index contributed by atoms with van der Waals surface area (Å²) < 4.78 is 23.9. The van der Waals surface area contributed by atoms with Gasteiger partial charge in [0.15, 0.2) is 11.5 Å². The molecule has 1 aromatic carbocycles. The van der Waals surface area contributed by atoms with Gasteiger partial charge in [-0.05, 0) is 39.7 Å². The van der Waals surface area contributed by atoms with Gasteiger partial charge in [-0.2, -0.15) is 0 Å². The van der Waals surface area contributed by atoms with Crippen molar-refractivity contribution in [2.24, 2.45) is 11.8 Å². The number of carbonyl (C=O) groups excluding carboxylic acids is 1. The van der Waals surface area contributed by atoms with Gasteiger partial charge < -0.3 is 29.0 Å². The Hall–Kier alpha value is -2.32. The van der Waals surface area contributed by atoms with Crippen molar-refractivity contribution in [3.63, 3.8) is 0 Å². The number of benzene rings is 1. The van der Waals surface area contributed by atoms with E-state index in [2.05, 4.69) is 19.9 Å². The van der Waals surface area contributed by atoms with Crippen LogP contribution in [-0.2, 0) is 19.1 Å². The van der Waals surface area contributed by atoms with Gasteiger partial charge in [-0.3, -0.25) is 4.79 Å². The van der Waals surface area contributed by atoms with Crippen molar-refractivity contribution >= 4 is 11.9 Å². The maximum atomic E-state index is 12.5. The van der Waals surface area contributed by atoms with Crippen LogP contribution in [0.3, 0.4) is 0 Å². The summed E-state index contributed by atoms with van der Waals surface area (Å²) in [5.41, 5.74) is 0.599. The van der Waals surface area contributed by atoms with E-state index >= 15 is 0 Å². The molecule has 4 atom stereocenters. The third kappa shape index (κ3) is 4.36. The van der Waals surface area contributed by atoms with E-state index < -0.39 is 18.2 Å². The van der Waals surface area contributed by atoms with Crippen LogP contribution >= 0.6 is 0 Å². The van der Waals surface area contributed by atoms with Crippen LogP contribution in [-0.4, -0.2) is 66.5 Å². The second-order valence-corrected chi connectivity index (χ2v) is 9.03. The molecule has 3 aliphatic heterocycles. The number of fused-ring (bicyclic) bond motifs is 4. The van der Waals surface area contributed by atoms with E-state index in [0.717, 1.165) is 29.9 Å². The molecular weight excluding hydrogens is 402 g/mol. The lowest BCUT2D eigenvalue weighted by atomic mass is 9.70. The second kappa shape index (κ2) is 8.67. The lowest BCUT2D eigenvalue weighted by Gasteiger charge is -2.53. The number of amides is 1. The minimum Gasteiger partial charge on any atom is -0.490 e. The van der Waals surface area contributed by atoms with Gasteiger partial charge in [0.25, 0.3) is 0 Å². The maximum Gasteiger partial charge on any atom is 0.329 e. The van der Waals surface area contributed by atoms with E-state index in [-0.39, 0.29) is 36.6 Å². The molecule has 0 radical (unpaired) electrons. The molecule has 0 aromatic heterocycles. The van der Waals surface area contributed by atoms with Gasteiger partial charge in [-0.1, -0.05) is 12.1 Å².